The quantitative estimate of drug-likeness (QED) is 0.285. The molecular formula is C6H6NaO3PS. The minimum absolute atomic E-state index is 0. The molecule has 0 aliphatic carbocycles. The largest absolute Gasteiger partial charge is 1.00 e. The first-order chi connectivity index (χ1) is 5.02. The van der Waals surface area contributed by atoms with Gasteiger partial charge in [0.05, 0.1) is 4.90 Å². The molecule has 3 nitrogen and oxygen atoms in total. The molecule has 0 aromatic heterocycles. The maximum atomic E-state index is 10.5. The van der Waals surface area contributed by atoms with Crippen LogP contribution >= 0.6 is 9.24 Å². The van der Waals surface area contributed by atoms with Gasteiger partial charge >= 0.3 is 29.6 Å². The van der Waals surface area contributed by atoms with E-state index in [1.165, 1.54) is 12.1 Å². The Hall–Kier alpha value is 0.560. The molecule has 1 aromatic carbocycles. The van der Waals surface area contributed by atoms with E-state index in [1.54, 1.807) is 12.1 Å². The van der Waals surface area contributed by atoms with Crippen molar-refractivity contribution in [1.29, 1.82) is 0 Å². The topological polar surface area (TPSA) is 57.2 Å². The number of rotatable bonds is 1. The molecule has 1 rings (SSSR count). The van der Waals surface area contributed by atoms with Gasteiger partial charge in [0.25, 0.3) is 0 Å². The van der Waals surface area contributed by atoms with Crippen LogP contribution in [-0.2, 0) is 10.1 Å². The van der Waals surface area contributed by atoms with Gasteiger partial charge in [0.15, 0.2) is 0 Å². The fraction of sp³-hybridized carbons (Fsp3) is 0. The second-order valence-corrected chi connectivity index (χ2v) is 3.96. The Morgan fingerprint density at radius 1 is 1.25 bits per heavy atom. The van der Waals surface area contributed by atoms with E-state index in [2.05, 4.69) is 9.24 Å². The normalized spacial score (nSPS) is 10.5. The third-order valence-corrected chi connectivity index (χ3v) is 2.81. The van der Waals surface area contributed by atoms with Gasteiger partial charge < -0.3 is 4.55 Å². The smallest absolute Gasteiger partial charge is 0.744 e. The molecule has 1 atom stereocenters. The fourth-order valence-electron chi connectivity index (χ4n) is 0.708. The molecule has 1 aromatic rings. The van der Waals surface area contributed by atoms with Gasteiger partial charge in [0.1, 0.15) is 10.1 Å². The SMILES string of the molecule is O=S(=O)([O-])c1ccccc1P.[Na+]. The van der Waals surface area contributed by atoms with E-state index in [1.807, 2.05) is 0 Å². The van der Waals surface area contributed by atoms with Crippen LogP contribution in [0.5, 0.6) is 0 Å². The Balaban J connectivity index is 0.00000121. The van der Waals surface area contributed by atoms with Gasteiger partial charge in [-0.25, -0.2) is 8.42 Å². The zero-order valence-electron chi connectivity index (χ0n) is 6.52. The van der Waals surface area contributed by atoms with Crippen LogP contribution in [0.4, 0.5) is 0 Å². The zero-order chi connectivity index (χ0) is 8.48. The van der Waals surface area contributed by atoms with Gasteiger partial charge in [-0.15, -0.1) is 9.24 Å². The van der Waals surface area contributed by atoms with E-state index < -0.39 is 10.1 Å². The van der Waals surface area contributed by atoms with Crippen LogP contribution in [-0.4, -0.2) is 13.0 Å². The van der Waals surface area contributed by atoms with E-state index in [0.29, 0.717) is 5.30 Å². The van der Waals surface area contributed by atoms with Crippen molar-refractivity contribution in [3.8, 4) is 0 Å². The zero-order valence-corrected chi connectivity index (χ0v) is 10.5. The summed E-state index contributed by atoms with van der Waals surface area (Å²) >= 11 is 0. The fourth-order valence-corrected chi connectivity index (χ4v) is 1.95. The average Bonchev–Trinajstić information content (AvgIpc) is 1.86. The molecule has 0 bridgehead atoms. The summed E-state index contributed by atoms with van der Waals surface area (Å²) in [5, 5.41) is 0.405. The van der Waals surface area contributed by atoms with E-state index in [-0.39, 0.29) is 34.5 Å². The summed E-state index contributed by atoms with van der Waals surface area (Å²) in [7, 11) is -2.11. The molecule has 0 aliphatic heterocycles. The third-order valence-electron chi connectivity index (χ3n) is 1.19. The summed E-state index contributed by atoms with van der Waals surface area (Å²) < 4.78 is 31.5. The van der Waals surface area contributed by atoms with Crippen molar-refractivity contribution in [1.82, 2.24) is 0 Å². The van der Waals surface area contributed by atoms with Crippen LogP contribution in [0.15, 0.2) is 29.2 Å². The Morgan fingerprint density at radius 2 is 1.75 bits per heavy atom. The third kappa shape index (κ3) is 3.13. The van der Waals surface area contributed by atoms with Crippen molar-refractivity contribution < 1.29 is 42.5 Å². The predicted octanol–water partition coefficient (Wildman–Crippen LogP) is -2.90. The summed E-state index contributed by atoms with van der Waals surface area (Å²) in [6.07, 6.45) is 0. The summed E-state index contributed by atoms with van der Waals surface area (Å²) in [5.74, 6) is 0. The molecule has 0 amide bonds. The van der Waals surface area contributed by atoms with E-state index >= 15 is 0 Å². The Bertz CT molecular complexity index is 363. The molecule has 0 aliphatic rings. The van der Waals surface area contributed by atoms with E-state index in [0.717, 1.165) is 0 Å². The van der Waals surface area contributed by atoms with E-state index in [9.17, 15) is 13.0 Å². The summed E-state index contributed by atoms with van der Waals surface area (Å²) in [5.41, 5.74) is 0. The van der Waals surface area contributed by atoms with Crippen molar-refractivity contribution >= 4 is 24.7 Å². The second kappa shape index (κ2) is 4.70. The van der Waals surface area contributed by atoms with Gasteiger partial charge in [0.2, 0.25) is 0 Å². The van der Waals surface area contributed by atoms with Crippen LogP contribution in [0.25, 0.3) is 0 Å². The maximum absolute atomic E-state index is 10.5. The second-order valence-electron chi connectivity index (χ2n) is 1.99. The summed E-state index contributed by atoms with van der Waals surface area (Å²) in [6, 6.07) is 6.01. The maximum Gasteiger partial charge on any atom is 1.00 e. The average molecular weight is 212 g/mol. The molecule has 6 heteroatoms. The Labute approximate surface area is 95.8 Å². The molecule has 0 spiro atoms. The molecule has 0 N–H and O–H groups in total. The van der Waals surface area contributed by atoms with Crippen molar-refractivity contribution in [2.75, 3.05) is 0 Å². The van der Waals surface area contributed by atoms with Crippen molar-refractivity contribution in [3.63, 3.8) is 0 Å². The predicted molar refractivity (Wildman–Crippen MR) is 43.7 cm³/mol. The minimum Gasteiger partial charge on any atom is -0.744 e. The molecule has 1 unspecified atom stereocenters. The Morgan fingerprint density at radius 3 is 2.08 bits per heavy atom. The molecule has 0 radical (unpaired) electrons. The van der Waals surface area contributed by atoms with Crippen LogP contribution in [0, 0.1) is 0 Å². The molecule has 12 heavy (non-hydrogen) atoms. The minimum atomic E-state index is -4.30. The molecular weight excluding hydrogens is 206 g/mol. The van der Waals surface area contributed by atoms with Crippen molar-refractivity contribution in [2.45, 2.75) is 4.90 Å². The summed E-state index contributed by atoms with van der Waals surface area (Å²) in [4.78, 5) is -0.176. The monoisotopic (exact) mass is 212 g/mol. The molecule has 0 heterocycles. The van der Waals surface area contributed by atoms with Gasteiger partial charge in [0, 0.05) is 0 Å². The van der Waals surface area contributed by atoms with Gasteiger partial charge in [-0.1, -0.05) is 18.2 Å². The van der Waals surface area contributed by atoms with E-state index in [4.69, 9.17) is 0 Å². The van der Waals surface area contributed by atoms with Crippen LogP contribution in [0.3, 0.4) is 0 Å². The first-order valence-electron chi connectivity index (χ1n) is 2.82. The summed E-state index contributed by atoms with van der Waals surface area (Å²) in [6.45, 7) is 0. The number of hydrogen-bond donors (Lipinski definition) is 0. The molecule has 60 valence electrons. The first-order valence-corrected chi connectivity index (χ1v) is 4.81. The van der Waals surface area contributed by atoms with Gasteiger partial charge in [-0.2, -0.15) is 0 Å². The van der Waals surface area contributed by atoms with Crippen LogP contribution < -0.4 is 34.9 Å². The molecule has 0 saturated carbocycles. The number of benzene rings is 1. The van der Waals surface area contributed by atoms with Crippen molar-refractivity contribution in [3.05, 3.63) is 24.3 Å². The first kappa shape index (κ1) is 12.6. The number of hydrogen-bond acceptors (Lipinski definition) is 3. The van der Waals surface area contributed by atoms with Crippen molar-refractivity contribution in [2.24, 2.45) is 0 Å². The molecule has 0 fully saturated rings. The molecule has 0 saturated heterocycles. The van der Waals surface area contributed by atoms with Crippen LogP contribution in [0.1, 0.15) is 0 Å². The van der Waals surface area contributed by atoms with Gasteiger partial charge in [-0.05, 0) is 11.4 Å². The van der Waals surface area contributed by atoms with Crippen LogP contribution in [0.2, 0.25) is 0 Å². The standard InChI is InChI=1S/C6H7O3PS.Na/c7-11(8,9)6-4-2-1-3-5(6)10;/h1-4H,10H2,(H,7,8,9);/q;+1/p-1. The van der Waals surface area contributed by atoms with Gasteiger partial charge in [-0.3, -0.25) is 0 Å². The Kier molecular flexibility index (Phi) is 4.92.